The average Bonchev–Trinajstić information content (AvgIpc) is 3.03. The molecule has 25 heavy (non-hydrogen) atoms. The molecule has 3 rings (SSSR count). The molecule has 3 heterocycles. The SMILES string of the molecule is Cc1ccc(N(C)C2CCN(Cc3noc(CN)n3)CC2)nn1.Cl.Cl. The van der Waals surface area contributed by atoms with E-state index in [0.717, 1.165) is 37.4 Å². The third-order valence-corrected chi connectivity index (χ3v) is 4.30. The average molecular weight is 390 g/mol. The molecule has 8 nitrogen and oxygen atoms in total. The third-order valence-electron chi connectivity index (χ3n) is 4.30. The van der Waals surface area contributed by atoms with Crippen molar-refractivity contribution >= 4 is 30.6 Å². The summed E-state index contributed by atoms with van der Waals surface area (Å²) in [6.45, 7) is 4.95. The number of aromatic nitrogens is 4. The number of piperidine rings is 1. The molecule has 2 aromatic heterocycles. The maximum atomic E-state index is 5.49. The predicted octanol–water partition coefficient (Wildman–Crippen LogP) is 1.57. The van der Waals surface area contributed by atoms with Crippen molar-refractivity contribution in [3.63, 3.8) is 0 Å². The van der Waals surface area contributed by atoms with Gasteiger partial charge in [0, 0.05) is 26.2 Å². The first-order chi connectivity index (χ1) is 11.2. The van der Waals surface area contributed by atoms with Gasteiger partial charge in [0.05, 0.1) is 18.8 Å². The van der Waals surface area contributed by atoms with Crippen LogP contribution >= 0.6 is 24.8 Å². The van der Waals surface area contributed by atoms with E-state index in [4.69, 9.17) is 10.3 Å². The van der Waals surface area contributed by atoms with Crippen molar-refractivity contribution in [2.45, 2.75) is 38.9 Å². The highest BCUT2D eigenvalue weighted by Crippen LogP contribution is 2.20. The Morgan fingerprint density at radius 2 is 1.96 bits per heavy atom. The lowest BCUT2D eigenvalue weighted by Crippen LogP contribution is -2.43. The zero-order chi connectivity index (χ0) is 16.2. The van der Waals surface area contributed by atoms with Gasteiger partial charge < -0.3 is 15.2 Å². The van der Waals surface area contributed by atoms with E-state index in [-0.39, 0.29) is 31.4 Å². The van der Waals surface area contributed by atoms with E-state index >= 15 is 0 Å². The zero-order valence-electron chi connectivity index (χ0n) is 14.5. The molecular weight excluding hydrogens is 365 g/mol. The van der Waals surface area contributed by atoms with Crippen LogP contribution in [0.15, 0.2) is 16.7 Å². The van der Waals surface area contributed by atoms with Crippen LogP contribution in [0.2, 0.25) is 0 Å². The van der Waals surface area contributed by atoms with E-state index in [1.807, 2.05) is 19.1 Å². The molecular formula is C15H25Cl2N7O. The van der Waals surface area contributed by atoms with E-state index in [9.17, 15) is 0 Å². The summed E-state index contributed by atoms with van der Waals surface area (Å²) in [4.78, 5) is 8.83. The van der Waals surface area contributed by atoms with Gasteiger partial charge in [0.15, 0.2) is 11.6 Å². The fourth-order valence-corrected chi connectivity index (χ4v) is 2.87. The Morgan fingerprint density at radius 1 is 1.24 bits per heavy atom. The Kier molecular flexibility index (Phi) is 8.51. The van der Waals surface area contributed by atoms with Crippen molar-refractivity contribution in [2.24, 2.45) is 5.73 Å². The van der Waals surface area contributed by atoms with Gasteiger partial charge in [-0.2, -0.15) is 10.1 Å². The van der Waals surface area contributed by atoms with Crippen molar-refractivity contribution in [2.75, 3.05) is 25.0 Å². The number of likely N-dealkylation sites (tertiary alicyclic amines) is 1. The van der Waals surface area contributed by atoms with Gasteiger partial charge in [-0.3, -0.25) is 4.90 Å². The molecule has 0 saturated carbocycles. The minimum absolute atomic E-state index is 0. The van der Waals surface area contributed by atoms with Gasteiger partial charge in [-0.25, -0.2) is 0 Å². The van der Waals surface area contributed by atoms with Gasteiger partial charge in [0.1, 0.15) is 0 Å². The largest absolute Gasteiger partial charge is 0.355 e. The maximum Gasteiger partial charge on any atom is 0.240 e. The summed E-state index contributed by atoms with van der Waals surface area (Å²) >= 11 is 0. The normalized spacial score (nSPS) is 15.3. The van der Waals surface area contributed by atoms with Crippen molar-refractivity contribution in [1.29, 1.82) is 0 Å². The van der Waals surface area contributed by atoms with Crippen LogP contribution < -0.4 is 10.6 Å². The molecule has 10 heteroatoms. The Balaban J connectivity index is 0.00000156. The highest BCUT2D eigenvalue weighted by molar-refractivity contribution is 5.85. The first kappa shape index (κ1) is 21.6. The molecule has 0 bridgehead atoms. The smallest absolute Gasteiger partial charge is 0.240 e. The summed E-state index contributed by atoms with van der Waals surface area (Å²) in [5.74, 6) is 2.13. The molecule has 1 aliphatic heterocycles. The second-order valence-electron chi connectivity index (χ2n) is 5.96. The van der Waals surface area contributed by atoms with E-state index in [0.29, 0.717) is 24.3 Å². The number of nitrogens with two attached hydrogens (primary N) is 1. The molecule has 0 aliphatic carbocycles. The van der Waals surface area contributed by atoms with Crippen LogP contribution in [0.25, 0.3) is 0 Å². The topological polar surface area (TPSA) is 97.2 Å². The summed E-state index contributed by atoms with van der Waals surface area (Å²) < 4.78 is 5.05. The third kappa shape index (κ3) is 5.50. The Bertz CT molecular complexity index is 629. The summed E-state index contributed by atoms with van der Waals surface area (Å²) in [7, 11) is 2.09. The lowest BCUT2D eigenvalue weighted by atomic mass is 10.0. The summed E-state index contributed by atoms with van der Waals surface area (Å²) in [6.07, 6.45) is 2.15. The monoisotopic (exact) mass is 389 g/mol. The number of hydrogen-bond acceptors (Lipinski definition) is 8. The van der Waals surface area contributed by atoms with Crippen LogP contribution in [0.3, 0.4) is 0 Å². The van der Waals surface area contributed by atoms with Gasteiger partial charge in [-0.05, 0) is 31.9 Å². The van der Waals surface area contributed by atoms with E-state index in [1.54, 1.807) is 0 Å². The van der Waals surface area contributed by atoms with Crippen LogP contribution in [-0.2, 0) is 13.1 Å². The standard InChI is InChI=1S/C15H23N7O.2ClH/c1-11-3-4-14(19-18-11)21(2)12-5-7-22(8-6-12)10-13-17-15(9-16)23-20-13;;/h3-4,12H,5-10,16H2,1-2H3;2*1H. The lowest BCUT2D eigenvalue weighted by Gasteiger charge is -2.36. The minimum Gasteiger partial charge on any atom is -0.355 e. The Hall–Kier alpha value is -1.48. The molecule has 0 radical (unpaired) electrons. The van der Waals surface area contributed by atoms with Gasteiger partial charge >= 0.3 is 0 Å². The molecule has 1 aliphatic rings. The predicted molar refractivity (Wildman–Crippen MR) is 100 cm³/mol. The quantitative estimate of drug-likeness (QED) is 0.822. The number of halogens is 2. The molecule has 0 spiro atoms. The van der Waals surface area contributed by atoms with E-state index in [1.165, 1.54) is 0 Å². The molecule has 0 aromatic carbocycles. The van der Waals surface area contributed by atoms with E-state index in [2.05, 4.69) is 37.2 Å². The summed E-state index contributed by atoms with van der Waals surface area (Å²) in [5, 5.41) is 12.4. The first-order valence-electron chi connectivity index (χ1n) is 7.92. The highest BCUT2D eigenvalue weighted by Gasteiger charge is 2.24. The van der Waals surface area contributed by atoms with Crippen molar-refractivity contribution in [3.8, 4) is 0 Å². The van der Waals surface area contributed by atoms with Gasteiger partial charge in [-0.15, -0.1) is 29.9 Å². The molecule has 0 atom stereocenters. The van der Waals surface area contributed by atoms with Crippen molar-refractivity contribution < 1.29 is 4.52 Å². The molecule has 1 saturated heterocycles. The van der Waals surface area contributed by atoms with Crippen LogP contribution in [0, 0.1) is 6.92 Å². The Labute approximate surface area is 160 Å². The summed E-state index contributed by atoms with van der Waals surface area (Å²) in [5.41, 5.74) is 6.42. The van der Waals surface area contributed by atoms with Gasteiger partial charge in [0.25, 0.3) is 0 Å². The minimum atomic E-state index is 0. The number of rotatable bonds is 5. The molecule has 140 valence electrons. The molecule has 2 N–H and O–H groups in total. The number of nitrogens with zero attached hydrogens (tertiary/aromatic N) is 6. The molecule has 0 unspecified atom stereocenters. The van der Waals surface area contributed by atoms with Gasteiger partial charge in [0.2, 0.25) is 5.89 Å². The zero-order valence-corrected chi connectivity index (χ0v) is 16.1. The second-order valence-corrected chi connectivity index (χ2v) is 5.96. The van der Waals surface area contributed by atoms with Gasteiger partial charge in [-0.1, -0.05) is 5.16 Å². The molecule has 2 aromatic rings. The van der Waals surface area contributed by atoms with Crippen LogP contribution in [0.4, 0.5) is 5.82 Å². The van der Waals surface area contributed by atoms with E-state index < -0.39 is 0 Å². The Morgan fingerprint density at radius 3 is 2.52 bits per heavy atom. The maximum absolute atomic E-state index is 5.49. The summed E-state index contributed by atoms with van der Waals surface area (Å²) in [6, 6.07) is 4.51. The number of anilines is 1. The molecule has 1 fully saturated rings. The molecule has 0 amide bonds. The fraction of sp³-hybridized carbons (Fsp3) is 0.600. The number of hydrogen-bond donors (Lipinski definition) is 1. The van der Waals surface area contributed by atoms with Crippen LogP contribution in [0.1, 0.15) is 30.3 Å². The first-order valence-corrected chi connectivity index (χ1v) is 7.92. The van der Waals surface area contributed by atoms with Crippen LogP contribution in [-0.4, -0.2) is 51.4 Å². The van der Waals surface area contributed by atoms with Crippen LogP contribution in [0.5, 0.6) is 0 Å². The fourth-order valence-electron chi connectivity index (χ4n) is 2.87. The highest BCUT2D eigenvalue weighted by atomic mass is 35.5. The number of aryl methyl sites for hydroxylation is 1. The van der Waals surface area contributed by atoms with Crippen molar-refractivity contribution in [3.05, 3.63) is 29.5 Å². The lowest BCUT2D eigenvalue weighted by molar-refractivity contribution is 0.196. The second kappa shape index (κ2) is 9.86. The van der Waals surface area contributed by atoms with Crippen molar-refractivity contribution in [1.82, 2.24) is 25.2 Å².